The van der Waals surface area contributed by atoms with Crippen LogP contribution in [-0.4, -0.2) is 22.8 Å². The van der Waals surface area contributed by atoms with E-state index in [9.17, 15) is 18.4 Å². The first-order valence-corrected chi connectivity index (χ1v) is 11.5. The molecule has 1 aromatic heterocycles. The minimum Gasteiger partial charge on any atom is -0.456 e. The second-order valence-corrected chi connectivity index (χ2v) is 8.78. The number of hydrogen-bond donors (Lipinski definition) is 4. The van der Waals surface area contributed by atoms with E-state index in [0.29, 0.717) is 35.1 Å². The summed E-state index contributed by atoms with van der Waals surface area (Å²) in [5.74, 6) is -0.241. The van der Waals surface area contributed by atoms with Gasteiger partial charge >= 0.3 is 0 Å². The van der Waals surface area contributed by atoms with E-state index in [0.717, 1.165) is 11.3 Å². The van der Waals surface area contributed by atoms with E-state index < -0.39 is 23.8 Å². The van der Waals surface area contributed by atoms with Gasteiger partial charge in [0.25, 0.3) is 11.5 Å². The summed E-state index contributed by atoms with van der Waals surface area (Å²) in [7, 11) is 0. The first-order valence-electron chi connectivity index (χ1n) is 11.5. The summed E-state index contributed by atoms with van der Waals surface area (Å²) >= 11 is 0. The number of halogens is 2. The summed E-state index contributed by atoms with van der Waals surface area (Å²) in [5, 5.41) is 2.62. The topological polar surface area (TPSA) is 110 Å². The van der Waals surface area contributed by atoms with Crippen LogP contribution in [0.5, 0.6) is 5.75 Å². The van der Waals surface area contributed by atoms with E-state index in [1.165, 1.54) is 34.9 Å². The number of nitrogens with one attached hydrogen (secondary N) is 3. The molecular weight excluding hydrogens is 468 g/mol. The van der Waals surface area contributed by atoms with Crippen LogP contribution in [0.3, 0.4) is 0 Å². The molecule has 36 heavy (non-hydrogen) atoms. The minimum atomic E-state index is -1.52. The van der Waals surface area contributed by atoms with Gasteiger partial charge in [0.05, 0.1) is 11.4 Å². The number of anilines is 2. The predicted octanol–water partition coefficient (Wildman–Crippen LogP) is 3.63. The lowest BCUT2D eigenvalue weighted by Gasteiger charge is -2.21. The van der Waals surface area contributed by atoms with E-state index in [1.54, 1.807) is 31.2 Å². The number of carbonyl (C=O) groups is 1. The number of aryl methyl sites for hydroxylation is 1. The minimum absolute atomic E-state index is 0.0680. The quantitative estimate of drug-likeness (QED) is 0.474. The molecule has 5 N–H and O–H groups in total. The number of amides is 1. The highest BCUT2D eigenvalue weighted by Gasteiger charge is 2.25. The molecule has 1 aromatic carbocycles. The molecule has 10 heteroatoms. The lowest BCUT2D eigenvalue weighted by Crippen LogP contribution is -2.34. The second-order valence-electron chi connectivity index (χ2n) is 8.78. The third-order valence-electron chi connectivity index (χ3n) is 6.20. The van der Waals surface area contributed by atoms with Crippen LogP contribution in [0.25, 0.3) is 5.70 Å². The number of alkyl halides is 2. The van der Waals surface area contributed by atoms with Crippen molar-refractivity contribution in [3.05, 3.63) is 93.3 Å². The standard InChI is InChI=1S/C26H25F2N5O3/c1-14-2-8-19(26(35)33(14)18-6-3-16(27)4-7-18)25(34)31-17-5-9-23(20(28)11-17)36-24-10-15-13-30-32-22(15)12-21(24)29/h2-3,5-10,12,16,20,30,32H,4,11,13,29H2,1H3,(H,31,34). The van der Waals surface area contributed by atoms with Gasteiger partial charge in [-0.15, -0.1) is 0 Å². The van der Waals surface area contributed by atoms with Crippen molar-refractivity contribution in [2.75, 3.05) is 11.2 Å². The van der Waals surface area contributed by atoms with Crippen molar-refractivity contribution < 1.29 is 18.3 Å². The smallest absolute Gasteiger partial charge is 0.268 e. The molecule has 0 saturated carbocycles. The van der Waals surface area contributed by atoms with Crippen molar-refractivity contribution in [2.45, 2.75) is 38.7 Å². The highest BCUT2D eigenvalue weighted by Crippen LogP contribution is 2.34. The van der Waals surface area contributed by atoms with E-state index >= 15 is 0 Å². The molecule has 3 aliphatic rings. The van der Waals surface area contributed by atoms with Crippen LogP contribution in [0, 0.1) is 6.92 Å². The number of benzene rings is 1. The lowest BCUT2D eigenvalue weighted by atomic mass is 10.1. The SMILES string of the molecule is Cc1ccc(C(=O)NC2=CC=C(Oc3cc4c(cc3N)NNC4)C(F)C2)c(=O)n1C1=CCC(F)C=C1. The molecule has 0 bridgehead atoms. The summed E-state index contributed by atoms with van der Waals surface area (Å²) in [6.07, 6.45) is 4.88. The zero-order chi connectivity index (χ0) is 25.4. The second kappa shape index (κ2) is 9.46. The Balaban J connectivity index is 1.33. The van der Waals surface area contributed by atoms with Crippen molar-refractivity contribution in [3.8, 4) is 5.75 Å². The Kier molecular flexibility index (Phi) is 6.19. The van der Waals surface area contributed by atoms with E-state index in [2.05, 4.69) is 16.2 Å². The number of ether oxygens (including phenoxy) is 1. The Labute approximate surface area is 205 Å². The zero-order valence-corrected chi connectivity index (χ0v) is 19.5. The number of allylic oxidation sites excluding steroid dienone is 8. The monoisotopic (exact) mass is 493 g/mol. The normalized spacial score (nSPS) is 20.6. The lowest BCUT2D eigenvalue weighted by molar-refractivity contribution is 0.0960. The zero-order valence-electron chi connectivity index (χ0n) is 19.5. The fourth-order valence-corrected chi connectivity index (χ4v) is 4.28. The maximum absolute atomic E-state index is 15.0. The highest BCUT2D eigenvalue weighted by molar-refractivity contribution is 5.95. The van der Waals surface area contributed by atoms with Gasteiger partial charge in [-0.05, 0) is 61.1 Å². The van der Waals surface area contributed by atoms with Gasteiger partial charge in [-0.25, -0.2) is 14.2 Å². The average Bonchev–Trinajstić information content (AvgIpc) is 3.29. The number of aromatic nitrogens is 1. The number of nitrogens with zero attached hydrogens (tertiary/aromatic N) is 1. The maximum atomic E-state index is 15.0. The number of rotatable bonds is 5. The number of pyridine rings is 1. The summed E-state index contributed by atoms with van der Waals surface area (Å²) in [4.78, 5) is 26.0. The number of nitrogen functional groups attached to an aromatic ring is 1. The van der Waals surface area contributed by atoms with Gasteiger partial charge in [0.15, 0.2) is 6.17 Å². The van der Waals surface area contributed by atoms with Crippen LogP contribution in [0.4, 0.5) is 20.2 Å². The fourth-order valence-electron chi connectivity index (χ4n) is 4.28. The molecule has 1 amide bonds. The van der Waals surface area contributed by atoms with Crippen molar-refractivity contribution in [1.82, 2.24) is 15.3 Å². The van der Waals surface area contributed by atoms with Crippen LogP contribution < -0.4 is 32.2 Å². The number of hydrogen-bond acceptors (Lipinski definition) is 6. The first-order chi connectivity index (χ1) is 17.3. The molecule has 5 rings (SSSR count). The third kappa shape index (κ3) is 4.55. The Hall–Kier alpha value is -4.18. The van der Waals surface area contributed by atoms with Gasteiger partial charge in [0.2, 0.25) is 0 Å². The highest BCUT2D eigenvalue weighted by atomic mass is 19.1. The molecule has 186 valence electrons. The molecule has 2 heterocycles. The Morgan fingerprint density at radius 3 is 2.83 bits per heavy atom. The van der Waals surface area contributed by atoms with Gasteiger partial charge in [0.1, 0.15) is 23.2 Å². The van der Waals surface area contributed by atoms with Gasteiger partial charge in [0, 0.05) is 36.5 Å². The molecule has 2 aromatic rings. The van der Waals surface area contributed by atoms with Gasteiger partial charge < -0.3 is 21.2 Å². The molecular formula is C26H25F2N5O3. The van der Waals surface area contributed by atoms with Crippen molar-refractivity contribution in [1.29, 1.82) is 0 Å². The van der Waals surface area contributed by atoms with Crippen molar-refractivity contribution >= 4 is 23.0 Å². The molecule has 2 unspecified atom stereocenters. The van der Waals surface area contributed by atoms with Crippen LogP contribution in [0.15, 0.2) is 70.9 Å². The van der Waals surface area contributed by atoms with Crippen LogP contribution in [0.2, 0.25) is 0 Å². The summed E-state index contributed by atoms with van der Waals surface area (Å²) in [6.45, 7) is 2.31. The van der Waals surface area contributed by atoms with E-state index in [4.69, 9.17) is 10.5 Å². The first kappa shape index (κ1) is 23.6. The molecule has 0 fully saturated rings. The fraction of sp³-hybridized carbons (Fsp3) is 0.231. The van der Waals surface area contributed by atoms with Crippen molar-refractivity contribution in [2.24, 2.45) is 0 Å². The van der Waals surface area contributed by atoms with Crippen LogP contribution >= 0.6 is 0 Å². The number of hydrazine groups is 1. The summed E-state index contributed by atoms with van der Waals surface area (Å²) in [6, 6.07) is 6.53. The number of fused-ring (bicyclic) bond motifs is 1. The molecule has 1 aliphatic heterocycles. The molecule has 2 aliphatic carbocycles. The van der Waals surface area contributed by atoms with Crippen LogP contribution in [-0.2, 0) is 6.54 Å². The Morgan fingerprint density at radius 2 is 2.08 bits per heavy atom. The maximum Gasteiger partial charge on any atom is 0.268 e. The van der Waals surface area contributed by atoms with Crippen LogP contribution in [0.1, 0.15) is 34.5 Å². The Bertz CT molecular complexity index is 1420. The van der Waals surface area contributed by atoms with Gasteiger partial charge in [-0.2, -0.15) is 0 Å². The summed E-state index contributed by atoms with van der Waals surface area (Å²) < 4.78 is 35.5. The van der Waals surface area contributed by atoms with E-state index in [-0.39, 0.29) is 24.2 Å². The van der Waals surface area contributed by atoms with Crippen molar-refractivity contribution in [3.63, 3.8) is 0 Å². The molecule has 0 radical (unpaired) electrons. The molecule has 2 atom stereocenters. The largest absolute Gasteiger partial charge is 0.456 e. The molecule has 0 saturated heterocycles. The Morgan fingerprint density at radius 1 is 1.25 bits per heavy atom. The van der Waals surface area contributed by atoms with E-state index in [1.807, 2.05) is 0 Å². The van der Waals surface area contributed by atoms with Gasteiger partial charge in [-0.1, -0.05) is 6.08 Å². The summed E-state index contributed by atoms with van der Waals surface area (Å²) in [5.41, 5.74) is 14.9. The number of carbonyl (C=O) groups excluding carboxylic acids is 1. The molecule has 0 spiro atoms. The number of nitrogens with two attached hydrogens (primary N) is 1. The molecule has 8 nitrogen and oxygen atoms in total. The van der Waals surface area contributed by atoms with Gasteiger partial charge in [-0.3, -0.25) is 14.2 Å². The third-order valence-corrected chi connectivity index (χ3v) is 6.20. The average molecular weight is 494 g/mol. The predicted molar refractivity (Wildman–Crippen MR) is 133 cm³/mol.